The maximum atomic E-state index is 13.9. The van der Waals surface area contributed by atoms with Crippen LogP contribution in [0.1, 0.15) is 48.9 Å². The quantitative estimate of drug-likeness (QED) is 0.238. The van der Waals surface area contributed by atoms with Crippen molar-refractivity contribution in [1.29, 1.82) is 0 Å². The molecule has 3 aromatic rings. The molecule has 2 amide bonds. The highest BCUT2D eigenvalue weighted by Gasteiger charge is 2.33. The van der Waals surface area contributed by atoms with Crippen molar-refractivity contribution in [3.63, 3.8) is 0 Å². The molecule has 0 unspecified atom stereocenters. The van der Waals surface area contributed by atoms with Gasteiger partial charge in [0.15, 0.2) is 0 Å². The van der Waals surface area contributed by atoms with E-state index < -0.39 is 27.8 Å². The summed E-state index contributed by atoms with van der Waals surface area (Å²) in [5.41, 5.74) is 1.58. The second-order valence-corrected chi connectivity index (χ2v) is 13.2. The van der Waals surface area contributed by atoms with Gasteiger partial charge in [0.1, 0.15) is 6.04 Å². The predicted molar refractivity (Wildman–Crippen MR) is 166 cm³/mol. The maximum Gasteiger partial charge on any atom is 0.416 e. The zero-order valence-corrected chi connectivity index (χ0v) is 26.3. The number of halogens is 3. The Balaban J connectivity index is 1.90. The molecule has 0 fully saturated rings. The van der Waals surface area contributed by atoms with E-state index in [4.69, 9.17) is 0 Å². The monoisotopic (exact) mass is 631 g/mol. The number of anilines is 1. The van der Waals surface area contributed by atoms with Crippen LogP contribution < -0.4 is 9.62 Å². The summed E-state index contributed by atoms with van der Waals surface area (Å²) in [5.74, 6) is -0.481. The summed E-state index contributed by atoms with van der Waals surface area (Å²) in [6.07, 6.45) is -3.57. The third-order valence-corrected chi connectivity index (χ3v) is 8.20. The van der Waals surface area contributed by atoms with Crippen LogP contribution in [0, 0.1) is 12.8 Å². The minimum Gasteiger partial charge on any atom is -0.354 e. The van der Waals surface area contributed by atoms with Crippen LogP contribution in [0.25, 0.3) is 0 Å². The first-order valence-corrected chi connectivity index (χ1v) is 16.3. The number of aryl methyl sites for hydroxylation is 1. The molecular formula is C33H40F3N3O4S. The SMILES string of the molecule is Cc1cccc(CN(C(=O)CCCN(c2cccc(C(F)(F)F)c2)S(C)(=O)=O)[C@H](Cc2ccccc2)C(=O)NCC(C)C)c1. The summed E-state index contributed by atoms with van der Waals surface area (Å²) >= 11 is 0. The van der Waals surface area contributed by atoms with Crippen LogP contribution in [-0.4, -0.2) is 50.5 Å². The Hall–Kier alpha value is -3.86. The molecular weight excluding hydrogens is 591 g/mol. The smallest absolute Gasteiger partial charge is 0.354 e. The summed E-state index contributed by atoms with van der Waals surface area (Å²) in [4.78, 5) is 29.0. The van der Waals surface area contributed by atoms with Crippen LogP contribution in [0.4, 0.5) is 18.9 Å². The summed E-state index contributed by atoms with van der Waals surface area (Å²) in [6, 6.07) is 20.2. The topological polar surface area (TPSA) is 86.8 Å². The first kappa shape index (κ1) is 34.6. The average Bonchev–Trinajstić information content (AvgIpc) is 2.95. The lowest BCUT2D eigenvalue weighted by Gasteiger charge is -2.32. The number of sulfonamides is 1. The van der Waals surface area contributed by atoms with Gasteiger partial charge in [0.2, 0.25) is 21.8 Å². The number of alkyl halides is 3. The fourth-order valence-electron chi connectivity index (χ4n) is 4.82. The minimum absolute atomic E-state index is 0.0259. The van der Waals surface area contributed by atoms with Gasteiger partial charge in [-0.3, -0.25) is 13.9 Å². The highest BCUT2D eigenvalue weighted by Crippen LogP contribution is 2.32. The molecule has 0 bridgehead atoms. The Labute approximate surface area is 258 Å². The van der Waals surface area contributed by atoms with Crippen LogP contribution in [0.5, 0.6) is 0 Å². The lowest BCUT2D eigenvalue weighted by atomic mass is 10.0. The molecule has 238 valence electrons. The van der Waals surface area contributed by atoms with Crippen molar-refractivity contribution in [1.82, 2.24) is 10.2 Å². The number of hydrogen-bond acceptors (Lipinski definition) is 4. The molecule has 0 heterocycles. The molecule has 44 heavy (non-hydrogen) atoms. The molecule has 3 rings (SSSR count). The fraction of sp³-hybridized carbons (Fsp3) is 0.394. The molecule has 1 N–H and O–H groups in total. The van der Waals surface area contributed by atoms with Crippen LogP contribution in [0.2, 0.25) is 0 Å². The van der Waals surface area contributed by atoms with Gasteiger partial charge < -0.3 is 10.2 Å². The highest BCUT2D eigenvalue weighted by molar-refractivity contribution is 7.92. The largest absolute Gasteiger partial charge is 0.416 e. The van der Waals surface area contributed by atoms with E-state index in [0.717, 1.165) is 45.5 Å². The molecule has 3 aromatic carbocycles. The van der Waals surface area contributed by atoms with Crippen molar-refractivity contribution in [3.8, 4) is 0 Å². The van der Waals surface area contributed by atoms with Gasteiger partial charge in [-0.25, -0.2) is 8.42 Å². The van der Waals surface area contributed by atoms with E-state index >= 15 is 0 Å². The maximum absolute atomic E-state index is 13.9. The van der Waals surface area contributed by atoms with E-state index in [1.165, 1.54) is 11.0 Å². The van der Waals surface area contributed by atoms with Gasteiger partial charge in [-0.1, -0.05) is 80.1 Å². The van der Waals surface area contributed by atoms with Gasteiger partial charge >= 0.3 is 6.18 Å². The Bertz CT molecular complexity index is 1510. The number of carbonyl (C=O) groups is 2. The number of nitrogens with one attached hydrogen (secondary N) is 1. The third kappa shape index (κ3) is 10.4. The van der Waals surface area contributed by atoms with Crippen molar-refractivity contribution in [2.24, 2.45) is 5.92 Å². The predicted octanol–water partition coefficient (Wildman–Crippen LogP) is 5.97. The lowest BCUT2D eigenvalue weighted by molar-refractivity contribution is -0.141. The summed E-state index contributed by atoms with van der Waals surface area (Å²) in [6.45, 7) is 6.24. The third-order valence-electron chi connectivity index (χ3n) is 7.00. The van der Waals surface area contributed by atoms with E-state index in [9.17, 15) is 31.2 Å². The van der Waals surface area contributed by atoms with Crippen molar-refractivity contribution < 1.29 is 31.2 Å². The molecule has 0 saturated heterocycles. The van der Waals surface area contributed by atoms with Crippen molar-refractivity contribution in [2.75, 3.05) is 23.7 Å². The second kappa shape index (κ2) is 15.2. The van der Waals surface area contributed by atoms with E-state index in [0.29, 0.717) is 6.54 Å². The van der Waals surface area contributed by atoms with Gasteiger partial charge in [0, 0.05) is 32.5 Å². The molecule has 0 aromatic heterocycles. The van der Waals surface area contributed by atoms with Crippen molar-refractivity contribution in [3.05, 3.63) is 101 Å². The first-order chi connectivity index (χ1) is 20.6. The molecule has 0 aliphatic carbocycles. The Kier molecular flexibility index (Phi) is 12.0. The van der Waals surface area contributed by atoms with E-state index in [2.05, 4.69) is 5.32 Å². The zero-order valence-electron chi connectivity index (χ0n) is 25.5. The van der Waals surface area contributed by atoms with Crippen LogP contribution in [0.15, 0.2) is 78.9 Å². The van der Waals surface area contributed by atoms with E-state index in [1.54, 1.807) is 0 Å². The molecule has 0 aliphatic rings. The second-order valence-electron chi connectivity index (χ2n) is 11.3. The number of benzene rings is 3. The van der Waals surface area contributed by atoms with Gasteiger partial charge in [-0.05, 0) is 48.6 Å². The van der Waals surface area contributed by atoms with Crippen molar-refractivity contribution in [2.45, 2.75) is 58.8 Å². The van der Waals surface area contributed by atoms with E-state index in [1.807, 2.05) is 75.4 Å². The number of rotatable bonds is 14. The number of hydrogen-bond donors (Lipinski definition) is 1. The average molecular weight is 632 g/mol. The van der Waals surface area contributed by atoms with Crippen LogP contribution in [-0.2, 0) is 38.8 Å². The molecule has 11 heteroatoms. The Morgan fingerprint density at radius 1 is 0.909 bits per heavy atom. The standard InChI is InChI=1S/C33H40F3N3O4S/c1-24(2)22-37-32(41)30(20-26-12-6-5-7-13-26)38(23-27-14-8-11-25(3)19-27)31(40)17-10-18-39(44(4,42)43)29-16-9-15-28(21-29)33(34,35)36/h5-9,11-16,19,21,24,30H,10,17-18,20,22-23H2,1-4H3,(H,37,41)/t30-/m1/s1. The lowest BCUT2D eigenvalue weighted by Crippen LogP contribution is -2.51. The summed E-state index contributed by atoms with van der Waals surface area (Å²) in [5, 5.41) is 2.96. The highest BCUT2D eigenvalue weighted by atomic mass is 32.2. The normalized spacial score (nSPS) is 12.5. The van der Waals surface area contributed by atoms with Gasteiger partial charge in [0.05, 0.1) is 17.5 Å². The van der Waals surface area contributed by atoms with Crippen LogP contribution in [0.3, 0.4) is 0 Å². The summed E-state index contributed by atoms with van der Waals surface area (Å²) < 4.78 is 66.0. The number of carbonyl (C=O) groups excluding carboxylic acids is 2. The minimum atomic E-state index is -4.64. The van der Waals surface area contributed by atoms with Crippen molar-refractivity contribution >= 4 is 27.5 Å². The molecule has 0 radical (unpaired) electrons. The Morgan fingerprint density at radius 2 is 1.57 bits per heavy atom. The zero-order chi connectivity index (χ0) is 32.5. The van der Waals surface area contributed by atoms with Gasteiger partial charge in [0.25, 0.3) is 0 Å². The fourth-order valence-corrected chi connectivity index (χ4v) is 5.78. The Morgan fingerprint density at radius 3 is 2.18 bits per heavy atom. The molecule has 1 atom stereocenters. The van der Waals surface area contributed by atoms with E-state index in [-0.39, 0.29) is 55.8 Å². The van der Waals surface area contributed by atoms with Gasteiger partial charge in [-0.15, -0.1) is 0 Å². The summed E-state index contributed by atoms with van der Waals surface area (Å²) in [7, 11) is -3.96. The molecule has 7 nitrogen and oxygen atoms in total. The molecule has 0 spiro atoms. The first-order valence-electron chi connectivity index (χ1n) is 14.5. The van der Waals surface area contributed by atoms with Crippen LogP contribution >= 0.6 is 0 Å². The number of amides is 2. The number of nitrogens with zero attached hydrogens (tertiary/aromatic N) is 2. The van der Waals surface area contributed by atoms with Gasteiger partial charge in [-0.2, -0.15) is 13.2 Å². The molecule has 0 saturated carbocycles. The molecule has 0 aliphatic heterocycles.